The lowest BCUT2D eigenvalue weighted by Crippen LogP contribution is -2.46. The molecule has 3 heterocycles. The van der Waals surface area contributed by atoms with E-state index in [0.29, 0.717) is 0 Å². The van der Waals surface area contributed by atoms with Gasteiger partial charge in [-0.15, -0.1) is 11.3 Å². The highest BCUT2D eigenvalue weighted by molar-refractivity contribution is 7.16. The molecule has 4 heteroatoms. The van der Waals surface area contributed by atoms with Gasteiger partial charge in [-0.1, -0.05) is 13.3 Å². The molecule has 0 saturated carbocycles. The van der Waals surface area contributed by atoms with Crippen LogP contribution in [0.4, 0.5) is 5.00 Å². The molecule has 0 aliphatic carbocycles. The van der Waals surface area contributed by atoms with Crippen molar-refractivity contribution in [1.82, 2.24) is 5.32 Å². The fourth-order valence-corrected chi connectivity index (χ4v) is 4.27. The molecule has 2 aliphatic heterocycles. The van der Waals surface area contributed by atoms with Crippen LogP contribution in [0.5, 0.6) is 0 Å². The van der Waals surface area contributed by atoms with Gasteiger partial charge in [0.05, 0.1) is 5.56 Å². The molecule has 1 fully saturated rings. The highest BCUT2D eigenvalue weighted by Gasteiger charge is 2.31. The van der Waals surface area contributed by atoms with E-state index in [2.05, 4.69) is 23.2 Å². The van der Waals surface area contributed by atoms with Crippen LogP contribution in [0, 0.1) is 17.2 Å². The number of thiophene rings is 1. The first-order valence-electron chi connectivity index (χ1n) is 6.83. The molecular weight excluding hydrogens is 242 g/mol. The average Bonchev–Trinajstić information content (AvgIpc) is 2.71. The van der Waals surface area contributed by atoms with Crippen LogP contribution in [0.3, 0.4) is 0 Å². The monoisotopic (exact) mass is 261 g/mol. The van der Waals surface area contributed by atoms with Gasteiger partial charge in [0.2, 0.25) is 0 Å². The van der Waals surface area contributed by atoms with Crippen LogP contribution >= 0.6 is 11.3 Å². The molecule has 18 heavy (non-hydrogen) atoms. The maximum atomic E-state index is 9.41. The van der Waals surface area contributed by atoms with Gasteiger partial charge in [-0.3, -0.25) is 0 Å². The van der Waals surface area contributed by atoms with Crippen LogP contribution in [-0.4, -0.2) is 19.6 Å². The second kappa shape index (κ2) is 4.91. The zero-order valence-corrected chi connectivity index (χ0v) is 11.6. The van der Waals surface area contributed by atoms with Crippen LogP contribution in [0.25, 0.3) is 0 Å². The van der Waals surface area contributed by atoms with Crippen LogP contribution in [0.2, 0.25) is 0 Å². The highest BCUT2D eigenvalue weighted by atomic mass is 32.1. The van der Waals surface area contributed by atoms with Crippen LogP contribution < -0.4 is 10.2 Å². The quantitative estimate of drug-likeness (QED) is 0.908. The van der Waals surface area contributed by atoms with Crippen molar-refractivity contribution in [2.24, 2.45) is 5.92 Å². The van der Waals surface area contributed by atoms with Gasteiger partial charge in [-0.25, -0.2) is 0 Å². The van der Waals surface area contributed by atoms with Crippen molar-refractivity contribution in [3.8, 4) is 6.07 Å². The van der Waals surface area contributed by atoms with Gasteiger partial charge in [0, 0.05) is 24.5 Å². The minimum Gasteiger partial charge on any atom is -0.362 e. The van der Waals surface area contributed by atoms with E-state index in [1.54, 1.807) is 0 Å². The Morgan fingerprint density at radius 3 is 3.06 bits per heavy atom. The number of anilines is 1. The summed E-state index contributed by atoms with van der Waals surface area (Å²) in [4.78, 5) is 3.79. The van der Waals surface area contributed by atoms with E-state index < -0.39 is 0 Å². The largest absolute Gasteiger partial charge is 0.362 e. The molecular formula is C14H19N3S. The molecule has 2 aliphatic rings. The predicted molar refractivity (Wildman–Crippen MR) is 75.1 cm³/mol. The number of hydrogen-bond donors (Lipinski definition) is 1. The Balaban J connectivity index is 1.81. The van der Waals surface area contributed by atoms with E-state index in [-0.39, 0.29) is 0 Å². The molecule has 0 aromatic carbocycles. The first-order valence-corrected chi connectivity index (χ1v) is 7.65. The summed E-state index contributed by atoms with van der Waals surface area (Å²) in [6.07, 6.45) is 3.61. The molecule has 1 N–H and O–H groups in total. The number of rotatable bonds is 3. The van der Waals surface area contributed by atoms with Gasteiger partial charge >= 0.3 is 0 Å². The fourth-order valence-electron chi connectivity index (χ4n) is 2.98. The summed E-state index contributed by atoms with van der Waals surface area (Å²) in [6, 6.07) is 2.44. The van der Waals surface area contributed by atoms with E-state index in [1.807, 2.05) is 11.3 Å². The van der Waals surface area contributed by atoms with Crippen LogP contribution in [0.15, 0.2) is 0 Å². The Labute approximate surface area is 112 Å². The van der Waals surface area contributed by atoms with Gasteiger partial charge in [0.15, 0.2) is 0 Å². The summed E-state index contributed by atoms with van der Waals surface area (Å²) in [5, 5.41) is 14.0. The summed E-state index contributed by atoms with van der Waals surface area (Å²) >= 11 is 1.83. The molecule has 96 valence electrons. The Kier molecular flexibility index (Phi) is 3.27. The Morgan fingerprint density at radius 1 is 1.50 bits per heavy atom. The molecule has 0 spiro atoms. The van der Waals surface area contributed by atoms with Crippen LogP contribution in [0.1, 0.15) is 35.8 Å². The van der Waals surface area contributed by atoms with Crippen molar-refractivity contribution in [3.63, 3.8) is 0 Å². The average molecular weight is 261 g/mol. The van der Waals surface area contributed by atoms with Gasteiger partial charge in [-0.05, 0) is 30.9 Å². The third-order valence-electron chi connectivity index (χ3n) is 3.96. The molecule has 3 rings (SSSR count). The summed E-state index contributed by atoms with van der Waals surface area (Å²) < 4.78 is 0. The van der Waals surface area contributed by atoms with Gasteiger partial charge in [0.25, 0.3) is 0 Å². The second-order valence-electron chi connectivity index (χ2n) is 5.28. The van der Waals surface area contributed by atoms with Crippen molar-refractivity contribution < 1.29 is 0 Å². The first-order chi connectivity index (χ1) is 8.83. The Bertz CT molecular complexity index is 480. The zero-order chi connectivity index (χ0) is 12.5. The molecule has 1 aromatic heterocycles. The van der Waals surface area contributed by atoms with Gasteiger partial charge in [-0.2, -0.15) is 5.26 Å². The Morgan fingerprint density at radius 2 is 2.33 bits per heavy atom. The third kappa shape index (κ3) is 1.92. The minimum absolute atomic E-state index is 0.846. The molecule has 1 saturated heterocycles. The van der Waals surface area contributed by atoms with Gasteiger partial charge < -0.3 is 10.2 Å². The summed E-state index contributed by atoms with van der Waals surface area (Å²) in [5.41, 5.74) is 2.28. The van der Waals surface area contributed by atoms with Gasteiger partial charge in [0.1, 0.15) is 11.1 Å². The molecule has 3 nitrogen and oxygen atoms in total. The topological polar surface area (TPSA) is 39.1 Å². The third-order valence-corrected chi connectivity index (χ3v) is 5.26. The number of hydrogen-bond acceptors (Lipinski definition) is 4. The smallest absolute Gasteiger partial charge is 0.110 e. The molecule has 0 radical (unpaired) electrons. The lowest BCUT2D eigenvalue weighted by atomic mass is 9.94. The Hall–Kier alpha value is -1.05. The summed E-state index contributed by atoms with van der Waals surface area (Å²) in [7, 11) is 0. The van der Waals surface area contributed by atoms with E-state index in [0.717, 1.165) is 44.1 Å². The standard InChI is InChI=1S/C14H19N3S/c1-2-3-10-8-17(9-10)14-12(6-15)11-4-5-16-7-13(11)18-14/h10,16H,2-5,7-9H2,1H3. The highest BCUT2D eigenvalue weighted by Crippen LogP contribution is 2.40. The zero-order valence-electron chi connectivity index (χ0n) is 10.8. The van der Waals surface area contributed by atoms with Crippen molar-refractivity contribution in [2.75, 3.05) is 24.5 Å². The fraction of sp³-hybridized carbons (Fsp3) is 0.643. The molecule has 0 atom stereocenters. The molecule has 0 bridgehead atoms. The van der Waals surface area contributed by atoms with Crippen molar-refractivity contribution in [1.29, 1.82) is 5.26 Å². The van der Waals surface area contributed by atoms with E-state index in [9.17, 15) is 5.26 Å². The predicted octanol–water partition coefficient (Wildman–Crippen LogP) is 2.50. The van der Waals surface area contributed by atoms with Crippen molar-refractivity contribution in [2.45, 2.75) is 32.7 Å². The van der Waals surface area contributed by atoms with E-state index in [4.69, 9.17) is 0 Å². The maximum absolute atomic E-state index is 9.41. The molecule has 1 aromatic rings. The second-order valence-corrected chi connectivity index (χ2v) is 6.37. The maximum Gasteiger partial charge on any atom is 0.110 e. The summed E-state index contributed by atoms with van der Waals surface area (Å²) in [5.74, 6) is 0.846. The van der Waals surface area contributed by atoms with E-state index >= 15 is 0 Å². The normalized spacial score (nSPS) is 19.2. The van der Waals surface area contributed by atoms with E-state index in [1.165, 1.54) is 28.3 Å². The molecule has 0 amide bonds. The number of nitrogens with zero attached hydrogens (tertiary/aromatic N) is 2. The van der Waals surface area contributed by atoms with Crippen LogP contribution in [-0.2, 0) is 13.0 Å². The van der Waals surface area contributed by atoms with Crippen molar-refractivity contribution in [3.05, 3.63) is 16.0 Å². The van der Waals surface area contributed by atoms with Crippen molar-refractivity contribution >= 4 is 16.3 Å². The first kappa shape index (κ1) is 12.0. The SMILES string of the molecule is CCCC1CN(c2sc3c(c2C#N)CCNC3)C1. The number of fused-ring (bicyclic) bond motifs is 1. The number of nitrogens with one attached hydrogen (secondary N) is 1. The lowest BCUT2D eigenvalue weighted by molar-refractivity contribution is 0.382. The minimum atomic E-state index is 0.846. The number of nitriles is 1. The summed E-state index contributed by atoms with van der Waals surface area (Å²) in [6.45, 7) is 6.50. The molecule has 0 unspecified atom stereocenters. The lowest BCUT2D eigenvalue weighted by Gasteiger charge is -2.40.